The largest absolute Gasteiger partial charge is 0.480 e. The maximum Gasteiger partial charge on any atom is 0.407 e. The monoisotopic (exact) mass is 317 g/mol. The van der Waals surface area contributed by atoms with Crippen LogP contribution in [0.2, 0.25) is 0 Å². The van der Waals surface area contributed by atoms with Gasteiger partial charge in [-0.15, -0.1) is 0 Å². The molecule has 0 aromatic heterocycles. The highest BCUT2D eigenvalue weighted by Crippen LogP contribution is 2.33. The number of alkyl carbamates (subject to hydrolysis) is 1. The highest BCUT2D eigenvalue weighted by Gasteiger charge is 2.20. The van der Waals surface area contributed by atoms with E-state index in [0.717, 1.165) is 7.11 Å². The van der Waals surface area contributed by atoms with E-state index in [1.165, 1.54) is 7.11 Å². The Balaban J connectivity index is 2.67. The van der Waals surface area contributed by atoms with Crippen LogP contribution in [0.15, 0.2) is 24.3 Å². The van der Waals surface area contributed by atoms with Gasteiger partial charge in [0, 0.05) is 13.5 Å². The first kappa shape index (κ1) is 17.2. The number of carbonyl (C=O) groups is 2. The molecule has 0 aliphatic rings. The van der Waals surface area contributed by atoms with Crippen LogP contribution >= 0.6 is 8.60 Å². The Labute approximate surface area is 122 Å². The number of carboxylic acids is 1. The number of ether oxygens (including phenoxy) is 1. The third kappa shape index (κ3) is 5.95. The predicted octanol–water partition coefficient (Wildman–Crippen LogP) is 1.28. The van der Waals surface area contributed by atoms with Crippen molar-refractivity contribution in [2.45, 2.75) is 12.5 Å². The normalized spacial score (nSPS) is 13.1. The molecule has 1 unspecified atom stereocenters. The highest BCUT2D eigenvalue weighted by molar-refractivity contribution is 7.41. The summed E-state index contributed by atoms with van der Waals surface area (Å²) < 4.78 is 14.0. The molecule has 0 spiro atoms. The van der Waals surface area contributed by atoms with Crippen molar-refractivity contribution in [1.82, 2.24) is 5.32 Å². The summed E-state index contributed by atoms with van der Waals surface area (Å²) in [6.45, 7) is 0. The van der Waals surface area contributed by atoms with E-state index in [-0.39, 0.29) is 6.42 Å². The lowest BCUT2D eigenvalue weighted by atomic mass is 10.1. The molecule has 9 heteroatoms. The molecule has 1 amide bonds. The van der Waals surface area contributed by atoms with Gasteiger partial charge in [0.15, 0.2) is 0 Å². The fourth-order valence-corrected chi connectivity index (χ4v) is 1.83. The van der Waals surface area contributed by atoms with Gasteiger partial charge in [0.1, 0.15) is 11.8 Å². The lowest BCUT2D eigenvalue weighted by molar-refractivity contribution is -0.139. The molecule has 0 fully saturated rings. The van der Waals surface area contributed by atoms with Gasteiger partial charge < -0.3 is 29.1 Å². The van der Waals surface area contributed by atoms with Crippen LogP contribution in [0.1, 0.15) is 5.56 Å². The SMILES string of the molecule is COC(=O)N[C@@H](Cc1ccc(OP(O)OC)cc1)C(=O)O. The van der Waals surface area contributed by atoms with E-state index >= 15 is 0 Å². The molecule has 0 aliphatic carbocycles. The number of benzene rings is 1. The molecule has 0 heterocycles. The van der Waals surface area contributed by atoms with E-state index in [0.29, 0.717) is 11.3 Å². The van der Waals surface area contributed by atoms with Crippen molar-refractivity contribution >= 4 is 20.7 Å². The van der Waals surface area contributed by atoms with Crippen LogP contribution < -0.4 is 9.84 Å². The van der Waals surface area contributed by atoms with E-state index < -0.39 is 26.7 Å². The van der Waals surface area contributed by atoms with E-state index in [9.17, 15) is 14.5 Å². The molecule has 0 saturated carbocycles. The van der Waals surface area contributed by atoms with Crippen molar-refractivity contribution in [3.8, 4) is 5.75 Å². The fourth-order valence-electron chi connectivity index (χ4n) is 1.45. The smallest absolute Gasteiger partial charge is 0.407 e. The van der Waals surface area contributed by atoms with Crippen molar-refractivity contribution in [1.29, 1.82) is 0 Å². The molecular weight excluding hydrogens is 301 g/mol. The molecule has 21 heavy (non-hydrogen) atoms. The maximum atomic E-state index is 11.1. The molecule has 1 aromatic carbocycles. The summed E-state index contributed by atoms with van der Waals surface area (Å²) in [5.74, 6) is -0.777. The highest BCUT2D eigenvalue weighted by atomic mass is 31.2. The Morgan fingerprint density at radius 3 is 2.38 bits per heavy atom. The molecule has 2 atom stereocenters. The number of hydrogen-bond donors (Lipinski definition) is 3. The van der Waals surface area contributed by atoms with Gasteiger partial charge in [-0.1, -0.05) is 12.1 Å². The lowest BCUT2D eigenvalue weighted by Crippen LogP contribution is -2.42. The molecule has 8 nitrogen and oxygen atoms in total. The van der Waals surface area contributed by atoms with E-state index in [1.807, 2.05) is 0 Å². The molecule has 116 valence electrons. The zero-order chi connectivity index (χ0) is 15.8. The van der Waals surface area contributed by atoms with Gasteiger partial charge in [0.05, 0.1) is 7.11 Å². The van der Waals surface area contributed by atoms with Gasteiger partial charge >= 0.3 is 20.7 Å². The summed E-state index contributed by atoms with van der Waals surface area (Å²) >= 11 is 0. The van der Waals surface area contributed by atoms with Gasteiger partial charge in [-0.3, -0.25) is 0 Å². The van der Waals surface area contributed by atoms with Gasteiger partial charge in [-0.25, -0.2) is 9.59 Å². The summed E-state index contributed by atoms with van der Waals surface area (Å²) in [6, 6.07) is 5.29. The molecule has 1 rings (SSSR count). The molecular formula is C12H16NO7P. The number of carbonyl (C=O) groups excluding carboxylic acids is 1. The number of hydrogen-bond acceptors (Lipinski definition) is 6. The Morgan fingerprint density at radius 2 is 1.90 bits per heavy atom. The van der Waals surface area contributed by atoms with Crippen molar-refractivity contribution < 1.29 is 33.4 Å². The van der Waals surface area contributed by atoms with Crippen LogP contribution in [0.5, 0.6) is 5.75 Å². The molecule has 0 bridgehead atoms. The third-order valence-electron chi connectivity index (χ3n) is 2.48. The topological polar surface area (TPSA) is 114 Å². The molecule has 0 aliphatic heterocycles. The molecule has 0 radical (unpaired) electrons. The summed E-state index contributed by atoms with van der Waals surface area (Å²) in [4.78, 5) is 31.3. The average molecular weight is 317 g/mol. The Kier molecular flexibility index (Phi) is 6.87. The van der Waals surface area contributed by atoms with Gasteiger partial charge in [0.25, 0.3) is 0 Å². The minimum atomic E-state index is -1.97. The number of rotatable bonds is 7. The van der Waals surface area contributed by atoms with E-state index in [2.05, 4.69) is 14.6 Å². The molecule has 3 N–H and O–H groups in total. The zero-order valence-electron chi connectivity index (χ0n) is 11.5. The Morgan fingerprint density at radius 1 is 1.29 bits per heavy atom. The second kappa shape index (κ2) is 8.41. The van der Waals surface area contributed by atoms with Crippen LogP contribution in [0.3, 0.4) is 0 Å². The van der Waals surface area contributed by atoms with Gasteiger partial charge in [-0.05, 0) is 17.7 Å². The van der Waals surface area contributed by atoms with Crippen molar-refractivity contribution in [2.75, 3.05) is 14.2 Å². The first-order valence-corrected chi connectivity index (χ1v) is 6.96. The van der Waals surface area contributed by atoms with Gasteiger partial charge in [-0.2, -0.15) is 0 Å². The number of carboxylic acid groups (broad SMARTS) is 1. The van der Waals surface area contributed by atoms with Crippen molar-refractivity contribution in [3.63, 3.8) is 0 Å². The van der Waals surface area contributed by atoms with E-state index in [1.54, 1.807) is 24.3 Å². The number of aliphatic carboxylic acids is 1. The van der Waals surface area contributed by atoms with Crippen LogP contribution in [-0.2, 0) is 20.5 Å². The van der Waals surface area contributed by atoms with Crippen LogP contribution in [0, 0.1) is 0 Å². The van der Waals surface area contributed by atoms with Crippen molar-refractivity contribution in [2.24, 2.45) is 0 Å². The average Bonchev–Trinajstić information content (AvgIpc) is 2.47. The Hall–Kier alpha value is -1.89. The van der Waals surface area contributed by atoms with Gasteiger partial charge in [0.2, 0.25) is 0 Å². The summed E-state index contributed by atoms with van der Waals surface area (Å²) in [5, 5.41) is 11.3. The first-order valence-electron chi connectivity index (χ1n) is 5.83. The standard InChI is InChI=1S/C12H16NO7P/c1-18-12(16)13-10(11(14)15)7-8-3-5-9(6-4-8)20-21(17)19-2/h3-6,10,17H,7H2,1-2H3,(H,13,16)(H,14,15)/t10-,21?/m0/s1. The minimum Gasteiger partial charge on any atom is -0.480 e. The lowest BCUT2D eigenvalue weighted by Gasteiger charge is -2.14. The maximum absolute atomic E-state index is 11.1. The predicted molar refractivity (Wildman–Crippen MR) is 73.9 cm³/mol. The number of nitrogens with one attached hydrogen (secondary N) is 1. The molecule has 0 saturated heterocycles. The quantitative estimate of drug-likeness (QED) is 0.649. The van der Waals surface area contributed by atoms with Crippen molar-refractivity contribution in [3.05, 3.63) is 29.8 Å². The number of amides is 1. The zero-order valence-corrected chi connectivity index (χ0v) is 12.4. The Bertz CT molecular complexity index is 479. The van der Waals surface area contributed by atoms with Crippen LogP contribution in [-0.4, -0.2) is 42.3 Å². The van der Waals surface area contributed by atoms with Crippen LogP contribution in [0.4, 0.5) is 4.79 Å². The minimum absolute atomic E-state index is 0.0862. The first-order chi connectivity index (χ1) is 9.96. The number of methoxy groups -OCH3 is 1. The molecule has 1 aromatic rings. The van der Waals surface area contributed by atoms with Crippen LogP contribution in [0.25, 0.3) is 0 Å². The second-order valence-electron chi connectivity index (χ2n) is 3.89. The summed E-state index contributed by atoms with van der Waals surface area (Å²) in [6.07, 6.45) is -0.726. The fraction of sp³-hybridized carbons (Fsp3) is 0.333. The third-order valence-corrected chi connectivity index (χ3v) is 3.16. The van der Waals surface area contributed by atoms with E-state index in [4.69, 9.17) is 9.63 Å². The summed E-state index contributed by atoms with van der Waals surface area (Å²) in [5.41, 5.74) is 0.672. The summed E-state index contributed by atoms with van der Waals surface area (Å²) in [7, 11) is 0.499. The second-order valence-corrected chi connectivity index (χ2v) is 4.91.